The molecule has 0 unspecified atom stereocenters. The quantitative estimate of drug-likeness (QED) is 0.802. The van der Waals surface area contributed by atoms with E-state index < -0.39 is 5.60 Å². The van der Waals surface area contributed by atoms with Gasteiger partial charge in [-0.25, -0.2) is 4.98 Å². The van der Waals surface area contributed by atoms with Crippen molar-refractivity contribution in [3.05, 3.63) is 28.4 Å². The highest BCUT2D eigenvalue weighted by Crippen LogP contribution is 2.30. The molecular weight excluding hydrogens is 280 g/mol. The largest absolute Gasteiger partial charge is 0.460 e. The highest BCUT2D eigenvalue weighted by Gasteiger charge is 2.18. The molecule has 0 N–H and O–H groups in total. The van der Waals surface area contributed by atoms with Gasteiger partial charge in [0.2, 0.25) is 0 Å². The van der Waals surface area contributed by atoms with Crippen molar-refractivity contribution in [2.75, 3.05) is 0 Å². The summed E-state index contributed by atoms with van der Waals surface area (Å²) >= 11 is 0. The Kier molecular flexibility index (Phi) is 5.37. The van der Waals surface area contributed by atoms with Crippen LogP contribution in [0.25, 0.3) is 0 Å². The molecule has 122 valence electrons. The van der Waals surface area contributed by atoms with Crippen molar-refractivity contribution in [2.45, 2.75) is 77.4 Å². The first-order valence-electron chi connectivity index (χ1n) is 8.13. The Morgan fingerprint density at radius 2 is 2.00 bits per heavy atom. The minimum absolute atomic E-state index is 0.0841. The molecular formula is C17H26N2O3. The third-order valence-corrected chi connectivity index (χ3v) is 3.90. The van der Waals surface area contributed by atoms with Crippen LogP contribution < -0.4 is 5.56 Å². The molecule has 1 aliphatic rings. The molecule has 1 aromatic rings. The zero-order chi connectivity index (χ0) is 16.2. The minimum Gasteiger partial charge on any atom is -0.460 e. The summed E-state index contributed by atoms with van der Waals surface area (Å²) in [6, 6.07) is 1.63. The van der Waals surface area contributed by atoms with Gasteiger partial charge in [-0.05, 0) is 33.6 Å². The van der Waals surface area contributed by atoms with Gasteiger partial charge in [0.1, 0.15) is 5.60 Å². The smallest absolute Gasteiger partial charge is 0.308 e. The lowest BCUT2D eigenvalue weighted by Gasteiger charge is -2.21. The first kappa shape index (κ1) is 16.7. The van der Waals surface area contributed by atoms with Crippen molar-refractivity contribution in [1.82, 2.24) is 9.55 Å². The van der Waals surface area contributed by atoms with E-state index in [9.17, 15) is 9.59 Å². The Morgan fingerprint density at radius 1 is 1.32 bits per heavy atom. The summed E-state index contributed by atoms with van der Waals surface area (Å²) in [5.74, 6) is 0.123. The van der Waals surface area contributed by atoms with E-state index in [1.807, 2.05) is 20.8 Å². The van der Waals surface area contributed by atoms with Gasteiger partial charge in [-0.1, -0.05) is 19.3 Å². The summed E-state index contributed by atoms with van der Waals surface area (Å²) in [7, 11) is 0. The van der Waals surface area contributed by atoms with E-state index in [0.29, 0.717) is 12.5 Å². The van der Waals surface area contributed by atoms with Gasteiger partial charge < -0.3 is 4.74 Å². The molecule has 0 aliphatic heterocycles. The molecule has 5 heteroatoms. The van der Waals surface area contributed by atoms with Crippen molar-refractivity contribution in [1.29, 1.82) is 0 Å². The van der Waals surface area contributed by atoms with Gasteiger partial charge in [0.05, 0.1) is 18.4 Å². The van der Waals surface area contributed by atoms with Crippen LogP contribution in [0.15, 0.2) is 17.2 Å². The fourth-order valence-corrected chi connectivity index (χ4v) is 2.83. The molecule has 0 atom stereocenters. The van der Waals surface area contributed by atoms with Crippen molar-refractivity contribution in [3.8, 4) is 0 Å². The number of hydrogen-bond acceptors (Lipinski definition) is 4. The lowest BCUT2D eigenvalue weighted by atomic mass is 9.87. The highest BCUT2D eigenvalue weighted by molar-refractivity contribution is 5.69. The van der Waals surface area contributed by atoms with E-state index in [-0.39, 0.29) is 17.9 Å². The van der Waals surface area contributed by atoms with Gasteiger partial charge in [-0.3, -0.25) is 14.2 Å². The second-order valence-corrected chi connectivity index (χ2v) is 7.02. The number of rotatable bonds is 4. The maximum absolute atomic E-state index is 12.2. The number of aryl methyl sites for hydroxylation is 1. The zero-order valence-corrected chi connectivity index (χ0v) is 13.8. The van der Waals surface area contributed by atoms with Crippen molar-refractivity contribution in [2.24, 2.45) is 0 Å². The summed E-state index contributed by atoms with van der Waals surface area (Å²) in [4.78, 5) is 28.3. The number of hydrogen-bond donors (Lipinski definition) is 0. The van der Waals surface area contributed by atoms with Crippen LogP contribution in [0.5, 0.6) is 0 Å². The Labute approximate surface area is 131 Å². The van der Waals surface area contributed by atoms with E-state index >= 15 is 0 Å². The molecule has 0 saturated heterocycles. The molecule has 1 aliphatic carbocycles. The van der Waals surface area contributed by atoms with Gasteiger partial charge in [0.15, 0.2) is 0 Å². The summed E-state index contributed by atoms with van der Waals surface area (Å²) in [6.45, 7) is 5.80. The average Bonchev–Trinajstić information content (AvgIpc) is 2.45. The van der Waals surface area contributed by atoms with Gasteiger partial charge in [0.25, 0.3) is 5.56 Å². The topological polar surface area (TPSA) is 61.2 Å². The third-order valence-electron chi connectivity index (χ3n) is 3.90. The molecule has 22 heavy (non-hydrogen) atoms. The summed E-state index contributed by atoms with van der Waals surface area (Å²) < 4.78 is 6.73. The second-order valence-electron chi connectivity index (χ2n) is 7.02. The summed E-state index contributed by atoms with van der Waals surface area (Å²) in [6.07, 6.45) is 7.70. The Morgan fingerprint density at radius 3 is 2.59 bits per heavy atom. The van der Waals surface area contributed by atoms with Crippen LogP contribution >= 0.6 is 0 Å². The lowest BCUT2D eigenvalue weighted by Crippen LogP contribution is -2.27. The Balaban J connectivity index is 1.95. The van der Waals surface area contributed by atoms with E-state index in [2.05, 4.69) is 4.98 Å². The lowest BCUT2D eigenvalue weighted by molar-refractivity contribution is -0.155. The van der Waals surface area contributed by atoms with Gasteiger partial charge in [0, 0.05) is 18.5 Å². The van der Waals surface area contributed by atoms with Gasteiger partial charge in [-0.2, -0.15) is 0 Å². The fourth-order valence-electron chi connectivity index (χ4n) is 2.83. The predicted octanol–water partition coefficient (Wildman–Crippen LogP) is 3.02. The van der Waals surface area contributed by atoms with Crippen LogP contribution in [0, 0.1) is 0 Å². The van der Waals surface area contributed by atoms with Crippen LogP contribution in [0.3, 0.4) is 0 Å². The monoisotopic (exact) mass is 306 g/mol. The van der Waals surface area contributed by atoms with Crippen LogP contribution in [-0.2, 0) is 16.1 Å². The number of ether oxygens (including phenoxy) is 1. The molecule has 2 rings (SSSR count). The number of aromatic nitrogens is 2. The van der Waals surface area contributed by atoms with Gasteiger partial charge >= 0.3 is 5.97 Å². The summed E-state index contributed by atoms with van der Waals surface area (Å²) in [5, 5.41) is 0. The molecule has 1 heterocycles. The van der Waals surface area contributed by atoms with Crippen LogP contribution in [0.1, 0.15) is 70.9 Å². The molecule has 1 aromatic heterocycles. The van der Waals surface area contributed by atoms with E-state index in [0.717, 1.165) is 18.5 Å². The van der Waals surface area contributed by atoms with E-state index in [4.69, 9.17) is 4.74 Å². The van der Waals surface area contributed by atoms with Crippen LogP contribution in [0.4, 0.5) is 0 Å². The van der Waals surface area contributed by atoms with Crippen molar-refractivity contribution in [3.63, 3.8) is 0 Å². The minimum atomic E-state index is -0.495. The normalized spacial score (nSPS) is 16.5. The molecule has 0 bridgehead atoms. The second kappa shape index (κ2) is 7.07. The maximum atomic E-state index is 12.2. The molecule has 1 fully saturated rings. The molecule has 0 spiro atoms. The van der Waals surface area contributed by atoms with E-state index in [1.54, 1.807) is 12.4 Å². The number of carbonyl (C=O) groups is 1. The van der Waals surface area contributed by atoms with Crippen LogP contribution in [-0.4, -0.2) is 21.1 Å². The average molecular weight is 306 g/mol. The number of nitrogens with zero attached hydrogens (tertiary/aromatic N) is 2. The molecule has 0 amide bonds. The van der Waals surface area contributed by atoms with E-state index in [1.165, 1.54) is 23.8 Å². The van der Waals surface area contributed by atoms with Crippen LogP contribution in [0.2, 0.25) is 0 Å². The SMILES string of the molecule is CC(C)(C)OC(=O)CCn1cnc(C2CCCCC2)cc1=O. The van der Waals surface area contributed by atoms with Crippen molar-refractivity contribution < 1.29 is 9.53 Å². The third kappa shape index (κ3) is 4.97. The van der Waals surface area contributed by atoms with Crippen molar-refractivity contribution >= 4 is 5.97 Å². The maximum Gasteiger partial charge on any atom is 0.308 e. The molecule has 0 aromatic carbocycles. The fraction of sp³-hybridized carbons (Fsp3) is 0.706. The molecule has 5 nitrogen and oxygen atoms in total. The first-order valence-corrected chi connectivity index (χ1v) is 8.13. The molecule has 1 saturated carbocycles. The summed E-state index contributed by atoms with van der Waals surface area (Å²) in [5.41, 5.74) is 0.322. The standard InChI is InChI=1S/C17H26N2O3/c1-17(2,3)22-16(21)9-10-19-12-18-14(11-15(19)20)13-7-5-4-6-8-13/h11-13H,4-10H2,1-3H3. The Hall–Kier alpha value is -1.65. The highest BCUT2D eigenvalue weighted by atomic mass is 16.6. The number of esters is 1. The Bertz CT molecular complexity index is 566. The predicted molar refractivity (Wildman–Crippen MR) is 84.8 cm³/mol. The van der Waals surface area contributed by atoms with Gasteiger partial charge in [-0.15, -0.1) is 0 Å². The number of carbonyl (C=O) groups excluding carboxylic acids is 1. The molecule has 0 radical (unpaired) electrons. The first-order chi connectivity index (χ1) is 10.3. The zero-order valence-electron chi connectivity index (χ0n) is 13.8.